The summed E-state index contributed by atoms with van der Waals surface area (Å²) in [4.78, 5) is 41.1. The van der Waals surface area contributed by atoms with Crippen molar-refractivity contribution >= 4 is 17.5 Å². The lowest BCUT2D eigenvalue weighted by Gasteiger charge is -2.41. The van der Waals surface area contributed by atoms with Crippen molar-refractivity contribution in [3.8, 4) is 0 Å². The molecule has 0 aliphatic carbocycles. The molecule has 0 radical (unpaired) electrons. The standard InChI is InChI=1S/C17H25N3O.C12H24N2.C10H21N3O.C9H20N2/c1-13(2)19-10-8-14(9-11-19)16-17(21)18-12-20(16)15-6-4-3-5-7-15;1-11(2)13-9-5-12(6-10-13)14-7-3-4-8-14;1-8(2)13-6-4-10(12-3,5-7-13)9(11)14;1-9(2)11-6-4-5-10(3)7-8-11/h3-7,13-14,16H,8-12H2,1-2H3,(H,18,21);11-12H,3-10H2,1-2H3;8,12H,4-7H2,1-3H3,(H2,11,14);9H,4-8H2,1-3H3. The van der Waals surface area contributed by atoms with Crippen LogP contribution in [0.2, 0.25) is 0 Å². The third-order valence-corrected chi connectivity index (χ3v) is 14.6. The molecule has 4 N–H and O–H groups in total. The molecule has 0 aromatic heterocycles. The fourth-order valence-corrected chi connectivity index (χ4v) is 10.1. The summed E-state index contributed by atoms with van der Waals surface area (Å²) in [5.74, 6) is 0.438. The number of hydrogen-bond donors (Lipinski definition) is 3. The Labute approximate surface area is 367 Å². The number of para-hydroxylation sites is 1. The van der Waals surface area contributed by atoms with Crippen LogP contribution in [0.5, 0.6) is 0 Å². The van der Waals surface area contributed by atoms with Gasteiger partial charge < -0.3 is 45.8 Å². The molecule has 1 atom stereocenters. The third kappa shape index (κ3) is 14.9. The lowest BCUT2D eigenvalue weighted by molar-refractivity contribution is -0.126. The highest BCUT2D eigenvalue weighted by Gasteiger charge is 2.41. The van der Waals surface area contributed by atoms with Crippen molar-refractivity contribution in [2.24, 2.45) is 11.7 Å². The molecular formula is C48H90N10O2. The molecule has 0 bridgehead atoms. The van der Waals surface area contributed by atoms with Gasteiger partial charge in [-0.15, -0.1) is 0 Å². The Morgan fingerprint density at radius 2 is 1.17 bits per heavy atom. The summed E-state index contributed by atoms with van der Waals surface area (Å²) in [6, 6.07) is 13.8. The minimum absolute atomic E-state index is 0.00159. The second-order valence-electron chi connectivity index (χ2n) is 19.6. The molecule has 6 aliphatic heterocycles. The molecule has 12 heteroatoms. The van der Waals surface area contributed by atoms with E-state index in [4.69, 9.17) is 5.73 Å². The maximum Gasteiger partial charge on any atom is 0.244 e. The van der Waals surface area contributed by atoms with Crippen LogP contribution in [-0.2, 0) is 9.59 Å². The van der Waals surface area contributed by atoms with Crippen LogP contribution < -0.4 is 21.3 Å². The molecule has 6 heterocycles. The van der Waals surface area contributed by atoms with Crippen LogP contribution in [0.15, 0.2) is 30.3 Å². The molecule has 2 amide bonds. The molecule has 6 saturated heterocycles. The lowest BCUT2D eigenvalue weighted by Crippen LogP contribution is -2.60. The summed E-state index contributed by atoms with van der Waals surface area (Å²) in [5.41, 5.74) is 6.09. The van der Waals surface area contributed by atoms with Crippen LogP contribution in [0.3, 0.4) is 0 Å². The summed E-state index contributed by atoms with van der Waals surface area (Å²) in [7, 11) is 4.03. The number of piperidine rings is 3. The number of amides is 2. The molecule has 1 unspecified atom stereocenters. The summed E-state index contributed by atoms with van der Waals surface area (Å²) in [5, 5.41) is 6.10. The van der Waals surface area contributed by atoms with Gasteiger partial charge >= 0.3 is 0 Å². The van der Waals surface area contributed by atoms with Gasteiger partial charge in [-0.1, -0.05) is 18.2 Å². The summed E-state index contributed by atoms with van der Waals surface area (Å²) in [6.45, 7) is 33.2. The number of likely N-dealkylation sites (tertiary alicyclic amines) is 4. The third-order valence-electron chi connectivity index (χ3n) is 14.6. The van der Waals surface area contributed by atoms with Crippen molar-refractivity contribution in [1.29, 1.82) is 0 Å². The van der Waals surface area contributed by atoms with Crippen LogP contribution in [0.1, 0.15) is 113 Å². The van der Waals surface area contributed by atoms with E-state index in [1.807, 2.05) is 25.2 Å². The second kappa shape index (κ2) is 25.1. The van der Waals surface area contributed by atoms with E-state index in [0.717, 1.165) is 75.7 Å². The zero-order chi connectivity index (χ0) is 43.8. The van der Waals surface area contributed by atoms with Crippen molar-refractivity contribution in [1.82, 2.24) is 40.0 Å². The van der Waals surface area contributed by atoms with Gasteiger partial charge in [0.05, 0.1) is 12.2 Å². The van der Waals surface area contributed by atoms with Gasteiger partial charge in [0.25, 0.3) is 0 Å². The number of hydrogen-bond acceptors (Lipinski definition) is 10. The van der Waals surface area contributed by atoms with E-state index in [9.17, 15) is 9.59 Å². The minimum Gasteiger partial charge on any atom is -0.368 e. The van der Waals surface area contributed by atoms with Gasteiger partial charge in [-0.2, -0.15) is 0 Å². The molecule has 6 fully saturated rings. The van der Waals surface area contributed by atoms with Crippen LogP contribution in [0.25, 0.3) is 0 Å². The largest absolute Gasteiger partial charge is 0.368 e. The van der Waals surface area contributed by atoms with E-state index < -0.39 is 5.54 Å². The van der Waals surface area contributed by atoms with Crippen molar-refractivity contribution in [3.63, 3.8) is 0 Å². The fraction of sp³-hybridized carbons (Fsp3) is 0.833. The van der Waals surface area contributed by atoms with Crippen molar-refractivity contribution < 1.29 is 9.59 Å². The summed E-state index contributed by atoms with van der Waals surface area (Å²) < 4.78 is 0. The van der Waals surface area contributed by atoms with Gasteiger partial charge in [-0.25, -0.2) is 0 Å². The molecular weight excluding hydrogens is 749 g/mol. The second-order valence-corrected chi connectivity index (χ2v) is 19.6. The molecule has 7 rings (SSSR count). The first-order chi connectivity index (χ1) is 28.6. The quantitative estimate of drug-likeness (QED) is 0.315. The normalized spacial score (nSPS) is 24.7. The highest BCUT2D eigenvalue weighted by Crippen LogP contribution is 2.31. The van der Waals surface area contributed by atoms with Crippen molar-refractivity contribution in [3.05, 3.63) is 30.3 Å². The smallest absolute Gasteiger partial charge is 0.244 e. The van der Waals surface area contributed by atoms with Crippen molar-refractivity contribution in [2.75, 3.05) is 104 Å². The van der Waals surface area contributed by atoms with Gasteiger partial charge in [-0.05, 0) is 198 Å². The fourth-order valence-electron chi connectivity index (χ4n) is 10.1. The van der Waals surface area contributed by atoms with Gasteiger partial charge in [0.1, 0.15) is 6.04 Å². The molecule has 6 aliphatic rings. The Bertz CT molecular complexity index is 1350. The Morgan fingerprint density at radius 3 is 1.67 bits per heavy atom. The predicted octanol–water partition coefficient (Wildman–Crippen LogP) is 4.99. The van der Waals surface area contributed by atoms with E-state index >= 15 is 0 Å². The Balaban J connectivity index is 0.000000182. The number of carbonyl (C=O) groups is 2. The van der Waals surface area contributed by atoms with E-state index in [-0.39, 0.29) is 17.9 Å². The molecule has 12 nitrogen and oxygen atoms in total. The number of nitrogens with two attached hydrogens (primary N) is 1. The average Bonchev–Trinajstić information content (AvgIpc) is 3.88. The van der Waals surface area contributed by atoms with Crippen LogP contribution in [0.4, 0.5) is 5.69 Å². The molecule has 60 heavy (non-hydrogen) atoms. The molecule has 0 saturated carbocycles. The van der Waals surface area contributed by atoms with Crippen LogP contribution in [0, 0.1) is 5.92 Å². The number of primary amides is 1. The number of benzene rings is 1. The van der Waals surface area contributed by atoms with Gasteiger partial charge in [0.15, 0.2) is 0 Å². The molecule has 344 valence electrons. The first-order valence-corrected chi connectivity index (χ1v) is 24.1. The number of rotatable bonds is 9. The number of anilines is 1. The minimum atomic E-state index is -0.467. The topological polar surface area (TPSA) is 107 Å². The Kier molecular flexibility index (Phi) is 21.0. The first kappa shape index (κ1) is 50.3. The molecule has 0 spiro atoms. The average molecular weight is 839 g/mol. The monoisotopic (exact) mass is 839 g/mol. The van der Waals surface area contributed by atoms with E-state index in [1.165, 1.54) is 84.5 Å². The van der Waals surface area contributed by atoms with Crippen LogP contribution >= 0.6 is 0 Å². The Morgan fingerprint density at radius 1 is 0.667 bits per heavy atom. The number of likely N-dealkylation sites (N-methyl/N-ethyl adjacent to an activating group) is 2. The molecule has 1 aromatic carbocycles. The number of nitrogens with zero attached hydrogens (tertiary/aromatic N) is 7. The van der Waals surface area contributed by atoms with Gasteiger partial charge in [0, 0.05) is 62.1 Å². The first-order valence-electron chi connectivity index (χ1n) is 24.1. The zero-order valence-electron chi connectivity index (χ0n) is 40.0. The maximum absolute atomic E-state index is 12.3. The Hall–Kier alpha value is -2.32. The number of nitrogens with one attached hydrogen (secondary N) is 2. The number of carbonyl (C=O) groups excluding carboxylic acids is 2. The summed E-state index contributed by atoms with van der Waals surface area (Å²) >= 11 is 0. The lowest BCUT2D eigenvalue weighted by atomic mass is 9.86. The van der Waals surface area contributed by atoms with Gasteiger partial charge in [-0.3, -0.25) is 14.5 Å². The van der Waals surface area contributed by atoms with Crippen LogP contribution in [-0.4, -0.2) is 182 Å². The van der Waals surface area contributed by atoms with E-state index in [2.05, 4.69) is 120 Å². The van der Waals surface area contributed by atoms with Gasteiger partial charge in [0.2, 0.25) is 11.8 Å². The predicted molar refractivity (Wildman–Crippen MR) is 251 cm³/mol. The highest BCUT2D eigenvalue weighted by atomic mass is 16.2. The summed E-state index contributed by atoms with van der Waals surface area (Å²) in [6.07, 6.45) is 10.9. The maximum atomic E-state index is 12.3. The van der Waals surface area contributed by atoms with E-state index in [1.54, 1.807) is 0 Å². The van der Waals surface area contributed by atoms with E-state index in [0.29, 0.717) is 24.7 Å². The van der Waals surface area contributed by atoms with Crippen molar-refractivity contribution in [2.45, 2.75) is 155 Å². The highest BCUT2D eigenvalue weighted by molar-refractivity contribution is 5.89. The zero-order valence-corrected chi connectivity index (χ0v) is 40.0. The molecule has 1 aromatic rings. The SMILES string of the molecule is CC(C)N1CCC(C2C(=O)NCN2c2ccccc2)CC1.CC(C)N1CCC(N2CCCC2)CC1.CC(C)N1CCCN(C)CC1.CNC1(C(N)=O)CCN(C(C)C)CC1.